The van der Waals surface area contributed by atoms with Gasteiger partial charge in [0.05, 0.1) is 27.7 Å². The molecule has 2 atom stereocenters. The van der Waals surface area contributed by atoms with Gasteiger partial charge >= 0.3 is 19.8 Å². The first kappa shape index (κ1) is 75.9. The molecular formula is C70H117NO8P+. The van der Waals surface area contributed by atoms with Crippen molar-refractivity contribution in [3.8, 4) is 0 Å². The zero-order valence-electron chi connectivity index (χ0n) is 51.5. The van der Waals surface area contributed by atoms with Gasteiger partial charge in [-0.05, 0) is 103 Å². The molecule has 0 aromatic carbocycles. The highest BCUT2D eigenvalue weighted by Crippen LogP contribution is 2.43. The molecule has 2 unspecified atom stereocenters. The molecule has 0 aromatic heterocycles. The predicted molar refractivity (Wildman–Crippen MR) is 343 cm³/mol. The van der Waals surface area contributed by atoms with Crippen molar-refractivity contribution in [3.05, 3.63) is 146 Å². The van der Waals surface area contributed by atoms with Crippen LogP contribution in [0.25, 0.3) is 0 Å². The third-order valence-electron chi connectivity index (χ3n) is 12.9. The van der Waals surface area contributed by atoms with Crippen LogP contribution in [0.3, 0.4) is 0 Å². The van der Waals surface area contributed by atoms with Gasteiger partial charge in [-0.3, -0.25) is 18.6 Å². The average Bonchev–Trinajstić information content (AvgIpc) is 3.42. The summed E-state index contributed by atoms with van der Waals surface area (Å²) in [5.74, 6) is -0.900. The maximum absolute atomic E-state index is 12.8. The lowest BCUT2D eigenvalue weighted by molar-refractivity contribution is -0.870. The lowest BCUT2D eigenvalue weighted by atomic mass is 10.0. The van der Waals surface area contributed by atoms with Crippen molar-refractivity contribution < 1.29 is 42.1 Å². The van der Waals surface area contributed by atoms with Crippen LogP contribution in [-0.2, 0) is 32.7 Å². The molecule has 9 nitrogen and oxygen atoms in total. The number of esters is 2. The van der Waals surface area contributed by atoms with Crippen molar-refractivity contribution in [1.82, 2.24) is 0 Å². The lowest BCUT2D eigenvalue weighted by Crippen LogP contribution is -2.37. The maximum atomic E-state index is 12.8. The normalized spacial score (nSPS) is 14.2. The summed E-state index contributed by atoms with van der Waals surface area (Å²) in [6, 6.07) is 0. The summed E-state index contributed by atoms with van der Waals surface area (Å²) >= 11 is 0. The fourth-order valence-electron chi connectivity index (χ4n) is 8.10. The molecule has 0 aromatic rings. The molecule has 0 amide bonds. The number of carbonyl (C=O) groups is 2. The van der Waals surface area contributed by atoms with Crippen LogP contribution >= 0.6 is 7.82 Å². The Bertz CT molecular complexity index is 1860. The number of nitrogens with zero attached hydrogens (tertiary/aromatic N) is 1. The average molecular weight is 1130 g/mol. The number of phosphoric ester groups is 1. The van der Waals surface area contributed by atoms with Gasteiger partial charge in [0.15, 0.2) is 6.10 Å². The highest BCUT2D eigenvalue weighted by molar-refractivity contribution is 7.47. The van der Waals surface area contributed by atoms with Crippen LogP contribution in [0.5, 0.6) is 0 Å². The Morgan fingerprint density at radius 1 is 0.388 bits per heavy atom. The van der Waals surface area contributed by atoms with Gasteiger partial charge in [0.25, 0.3) is 0 Å². The SMILES string of the molecule is CC/C=C\C/C=C\C/C=C\C/C=C\C/C=C\C/C=C\CCCCCCCCCCCCCCCCCCCCC(=O)OC(COC(=O)CC/C=C\C/C=C\C/C=C\C/C=C\C/C=C\C/C=C\CC)COP(=O)(O)OCC[N+](C)(C)C. The van der Waals surface area contributed by atoms with Gasteiger partial charge in [-0.1, -0.05) is 262 Å². The Balaban J connectivity index is 4.11. The Kier molecular flexibility index (Phi) is 56.5. The second kappa shape index (κ2) is 59.5. The Hall–Kier alpha value is -4.11. The van der Waals surface area contributed by atoms with Gasteiger partial charge < -0.3 is 18.9 Å². The highest BCUT2D eigenvalue weighted by atomic mass is 31.2. The van der Waals surface area contributed by atoms with E-state index in [0.29, 0.717) is 23.9 Å². The fraction of sp³-hybridized carbons (Fsp3) is 0.629. The monoisotopic (exact) mass is 1130 g/mol. The number of hydrogen-bond donors (Lipinski definition) is 1. The Labute approximate surface area is 491 Å². The van der Waals surface area contributed by atoms with Crippen LogP contribution in [0.1, 0.15) is 232 Å². The minimum atomic E-state index is -4.41. The van der Waals surface area contributed by atoms with Crippen LogP contribution in [0.15, 0.2) is 146 Å². The molecule has 454 valence electrons. The molecule has 0 aliphatic heterocycles. The van der Waals surface area contributed by atoms with Crippen LogP contribution in [0.4, 0.5) is 0 Å². The number of unbranched alkanes of at least 4 members (excludes halogenated alkanes) is 18. The maximum Gasteiger partial charge on any atom is 0.472 e. The van der Waals surface area contributed by atoms with Gasteiger partial charge in [0.2, 0.25) is 0 Å². The van der Waals surface area contributed by atoms with E-state index in [2.05, 4.69) is 148 Å². The molecule has 0 fully saturated rings. The highest BCUT2D eigenvalue weighted by Gasteiger charge is 2.27. The molecule has 0 rings (SSSR count). The van der Waals surface area contributed by atoms with Crippen molar-refractivity contribution in [3.63, 3.8) is 0 Å². The minimum absolute atomic E-state index is 0.0143. The number of likely N-dealkylation sites (N-methyl/N-ethyl adjacent to an activating group) is 1. The van der Waals surface area contributed by atoms with Crippen molar-refractivity contribution >= 4 is 19.8 Å². The number of quaternary nitrogens is 1. The van der Waals surface area contributed by atoms with Crippen LogP contribution < -0.4 is 0 Å². The second-order valence-corrected chi connectivity index (χ2v) is 23.1. The van der Waals surface area contributed by atoms with E-state index in [9.17, 15) is 19.0 Å². The molecule has 0 aliphatic carbocycles. The van der Waals surface area contributed by atoms with E-state index < -0.39 is 32.5 Å². The van der Waals surface area contributed by atoms with E-state index in [4.69, 9.17) is 18.5 Å². The Morgan fingerprint density at radius 3 is 1.05 bits per heavy atom. The van der Waals surface area contributed by atoms with Crippen molar-refractivity contribution in [2.45, 2.75) is 238 Å². The van der Waals surface area contributed by atoms with E-state index in [0.717, 1.165) is 96.3 Å². The van der Waals surface area contributed by atoms with Gasteiger partial charge in [-0.25, -0.2) is 4.57 Å². The number of allylic oxidation sites excluding steroid dienone is 24. The van der Waals surface area contributed by atoms with Gasteiger partial charge in [-0.2, -0.15) is 0 Å². The molecule has 80 heavy (non-hydrogen) atoms. The molecular weight excluding hydrogens is 1010 g/mol. The van der Waals surface area contributed by atoms with Gasteiger partial charge in [-0.15, -0.1) is 0 Å². The molecule has 0 heterocycles. The standard InChI is InChI=1S/C70H116NO8P/c1-6-8-10-12-14-16-18-20-22-24-26-27-28-29-30-31-32-33-34-35-36-37-38-39-40-41-42-43-45-47-49-51-53-55-57-59-61-63-70(73)79-68(67-78-80(74,75)77-65-64-71(3,4)5)66-76-69(72)62-60-58-56-54-52-50-48-46-44-25-23-21-19-17-15-13-11-9-7-2/h8-11,14-17,20-23,26-27,29-30,32-33,44,46,50,52,56,58,68H,6-7,12-13,18-19,24-25,28,31,34-43,45,47-49,51,53-55,57,59-67H2,1-5H3/p+1/b10-8-,11-9-,16-14-,17-15-,22-20-,23-21-,27-26-,30-29-,33-32-,46-44-,52-50-,58-56-. The third kappa shape index (κ3) is 63.1. The third-order valence-corrected chi connectivity index (χ3v) is 13.9. The molecule has 0 aliphatic rings. The van der Waals surface area contributed by atoms with Crippen LogP contribution in [0.2, 0.25) is 0 Å². The van der Waals surface area contributed by atoms with Crippen LogP contribution in [-0.4, -0.2) is 74.9 Å². The van der Waals surface area contributed by atoms with Gasteiger partial charge in [0, 0.05) is 12.8 Å². The number of ether oxygens (including phenoxy) is 2. The summed E-state index contributed by atoms with van der Waals surface area (Å²) in [4.78, 5) is 35.7. The first-order valence-electron chi connectivity index (χ1n) is 31.6. The zero-order valence-corrected chi connectivity index (χ0v) is 52.4. The number of rotatable bonds is 56. The van der Waals surface area contributed by atoms with E-state index in [1.54, 1.807) is 0 Å². The first-order chi connectivity index (χ1) is 39.0. The Morgan fingerprint density at radius 2 is 0.700 bits per heavy atom. The molecule has 0 radical (unpaired) electrons. The largest absolute Gasteiger partial charge is 0.472 e. The molecule has 0 bridgehead atoms. The molecule has 1 N–H and O–H groups in total. The quantitative estimate of drug-likeness (QED) is 0.0211. The van der Waals surface area contributed by atoms with Crippen molar-refractivity contribution in [2.24, 2.45) is 0 Å². The zero-order chi connectivity index (χ0) is 58.4. The molecule has 0 saturated heterocycles. The summed E-state index contributed by atoms with van der Waals surface area (Å²) in [6.45, 7) is 4.11. The first-order valence-corrected chi connectivity index (χ1v) is 33.1. The molecule has 0 saturated carbocycles. The lowest BCUT2D eigenvalue weighted by Gasteiger charge is -2.24. The number of phosphoric acid groups is 1. The number of hydrogen-bond acceptors (Lipinski definition) is 7. The second-order valence-electron chi connectivity index (χ2n) is 21.7. The van der Waals surface area contributed by atoms with Gasteiger partial charge in [0.1, 0.15) is 19.8 Å². The summed E-state index contributed by atoms with van der Waals surface area (Å²) in [6.07, 6.45) is 88.2. The van der Waals surface area contributed by atoms with E-state index in [1.807, 2.05) is 33.3 Å². The topological polar surface area (TPSA) is 108 Å². The summed E-state index contributed by atoms with van der Waals surface area (Å²) < 4.78 is 34.5. The summed E-state index contributed by atoms with van der Waals surface area (Å²) in [5.41, 5.74) is 0. The predicted octanol–water partition coefficient (Wildman–Crippen LogP) is 20.3. The molecule has 10 heteroatoms. The van der Waals surface area contributed by atoms with Crippen molar-refractivity contribution in [1.29, 1.82) is 0 Å². The number of carbonyl (C=O) groups excluding carboxylic acids is 2. The fourth-order valence-corrected chi connectivity index (χ4v) is 8.85. The van der Waals surface area contributed by atoms with Crippen molar-refractivity contribution in [2.75, 3.05) is 47.5 Å². The van der Waals surface area contributed by atoms with E-state index >= 15 is 0 Å². The van der Waals surface area contributed by atoms with E-state index in [1.165, 1.54) is 96.3 Å². The summed E-state index contributed by atoms with van der Waals surface area (Å²) in [7, 11) is 1.43. The van der Waals surface area contributed by atoms with Crippen LogP contribution in [0, 0.1) is 0 Å². The minimum Gasteiger partial charge on any atom is -0.462 e. The molecule has 0 spiro atoms. The summed E-state index contributed by atoms with van der Waals surface area (Å²) in [5, 5.41) is 0. The van der Waals surface area contributed by atoms with E-state index in [-0.39, 0.29) is 26.1 Å². The smallest absolute Gasteiger partial charge is 0.462 e.